The zero-order chi connectivity index (χ0) is 18.1. The molecule has 0 fully saturated rings. The third-order valence-corrected chi connectivity index (χ3v) is 3.38. The van der Waals surface area contributed by atoms with E-state index >= 15 is 0 Å². The molecule has 2 rings (SSSR count). The summed E-state index contributed by atoms with van der Waals surface area (Å²) >= 11 is 12.1. The number of carbonyl (C=O) groups is 1. The van der Waals surface area contributed by atoms with Crippen molar-refractivity contribution in [3.63, 3.8) is 0 Å². The molecule has 0 saturated heterocycles. The van der Waals surface area contributed by atoms with Crippen LogP contribution in [0.2, 0.25) is 10.0 Å². The lowest BCUT2D eigenvalue weighted by atomic mass is 10.3. The van der Waals surface area contributed by atoms with E-state index < -0.39 is 6.09 Å². The Labute approximate surface area is 155 Å². The summed E-state index contributed by atoms with van der Waals surface area (Å²) in [4.78, 5) is 11.2. The van der Waals surface area contributed by atoms with Gasteiger partial charge in [0.2, 0.25) is 0 Å². The molecule has 0 unspecified atom stereocenters. The first-order valence-electron chi connectivity index (χ1n) is 7.28. The Morgan fingerprint density at radius 1 is 1.16 bits per heavy atom. The topological polar surface area (TPSA) is 56.8 Å². The summed E-state index contributed by atoms with van der Waals surface area (Å²) < 4.78 is 15.8. The minimum Gasteiger partial charge on any atom is -0.490 e. The van der Waals surface area contributed by atoms with Gasteiger partial charge in [0.15, 0.2) is 6.61 Å². The zero-order valence-electron chi connectivity index (χ0n) is 13.1. The molecule has 0 aliphatic carbocycles. The molecule has 0 radical (unpaired) electrons. The highest BCUT2D eigenvalue weighted by atomic mass is 35.5. The van der Waals surface area contributed by atoms with E-state index in [1.54, 1.807) is 42.5 Å². The average Bonchev–Trinajstić information content (AvgIpc) is 2.58. The van der Waals surface area contributed by atoms with Crippen LogP contribution in [-0.2, 0) is 4.74 Å². The fraction of sp³-hybridized carbons (Fsp3) is 0.167. The maximum absolute atomic E-state index is 11.2. The molecule has 2 aromatic carbocycles. The molecular formula is C18H15Cl2NO4. The fourth-order valence-corrected chi connectivity index (χ4v) is 2.21. The van der Waals surface area contributed by atoms with Crippen molar-refractivity contribution in [2.24, 2.45) is 0 Å². The molecule has 0 aliphatic rings. The van der Waals surface area contributed by atoms with Crippen LogP contribution in [0, 0.1) is 12.3 Å². The third-order valence-electron chi connectivity index (χ3n) is 2.85. The van der Waals surface area contributed by atoms with Crippen molar-refractivity contribution in [3.8, 4) is 29.6 Å². The number of amides is 1. The van der Waals surface area contributed by atoms with Crippen LogP contribution in [0.1, 0.15) is 0 Å². The number of carbonyl (C=O) groups excluding carboxylic acids is 1. The van der Waals surface area contributed by atoms with Gasteiger partial charge < -0.3 is 19.5 Å². The van der Waals surface area contributed by atoms with Crippen molar-refractivity contribution in [1.29, 1.82) is 0 Å². The van der Waals surface area contributed by atoms with Crippen LogP contribution in [0.4, 0.5) is 4.79 Å². The Balaban J connectivity index is 1.83. The van der Waals surface area contributed by atoms with Crippen molar-refractivity contribution in [2.75, 3.05) is 19.8 Å². The van der Waals surface area contributed by atoms with Gasteiger partial charge in [0.25, 0.3) is 0 Å². The van der Waals surface area contributed by atoms with Crippen molar-refractivity contribution in [3.05, 3.63) is 52.5 Å². The van der Waals surface area contributed by atoms with E-state index in [1.807, 2.05) is 0 Å². The summed E-state index contributed by atoms with van der Waals surface area (Å²) in [5.41, 5.74) is 0. The van der Waals surface area contributed by atoms with E-state index in [-0.39, 0.29) is 19.8 Å². The lowest BCUT2D eigenvalue weighted by molar-refractivity contribution is 0.157. The van der Waals surface area contributed by atoms with Crippen LogP contribution < -0.4 is 14.8 Å². The molecule has 0 saturated carbocycles. The molecule has 0 spiro atoms. The van der Waals surface area contributed by atoms with Gasteiger partial charge >= 0.3 is 6.09 Å². The maximum Gasteiger partial charge on any atom is 0.408 e. The van der Waals surface area contributed by atoms with Crippen LogP contribution in [0.25, 0.3) is 0 Å². The molecular weight excluding hydrogens is 365 g/mol. The summed E-state index contributed by atoms with van der Waals surface area (Å²) in [7, 11) is 0. The number of alkyl carbamates (subject to hydrolysis) is 1. The Morgan fingerprint density at radius 3 is 2.68 bits per heavy atom. The van der Waals surface area contributed by atoms with Gasteiger partial charge in [-0.05, 0) is 30.3 Å². The van der Waals surface area contributed by atoms with Gasteiger partial charge in [-0.1, -0.05) is 35.2 Å². The fourth-order valence-electron chi connectivity index (χ4n) is 1.80. The van der Waals surface area contributed by atoms with Crippen LogP contribution in [-0.4, -0.2) is 25.9 Å². The van der Waals surface area contributed by atoms with E-state index in [9.17, 15) is 4.79 Å². The smallest absolute Gasteiger partial charge is 0.408 e. The second kappa shape index (κ2) is 9.67. The van der Waals surface area contributed by atoms with Gasteiger partial charge in [-0.25, -0.2) is 4.79 Å². The van der Waals surface area contributed by atoms with Crippen molar-refractivity contribution >= 4 is 29.3 Å². The molecule has 0 heterocycles. The highest BCUT2D eigenvalue weighted by Gasteiger charge is 2.06. The molecule has 1 N–H and O–H groups in total. The number of halogens is 2. The lowest BCUT2D eigenvalue weighted by Crippen LogP contribution is -2.28. The molecule has 0 bridgehead atoms. The van der Waals surface area contributed by atoms with Crippen LogP contribution in [0.15, 0.2) is 42.5 Å². The van der Waals surface area contributed by atoms with Gasteiger partial charge in [0.05, 0.1) is 11.6 Å². The van der Waals surface area contributed by atoms with E-state index in [2.05, 4.69) is 16.0 Å². The summed E-state index contributed by atoms with van der Waals surface area (Å²) in [6.07, 6.45) is 4.38. The first-order chi connectivity index (χ1) is 12.1. The number of hydrogen-bond acceptors (Lipinski definition) is 4. The zero-order valence-corrected chi connectivity index (χ0v) is 14.6. The summed E-state index contributed by atoms with van der Waals surface area (Å²) in [5, 5.41) is 3.46. The highest BCUT2D eigenvalue weighted by molar-refractivity contribution is 6.32. The minimum absolute atomic E-state index is 0.0768. The van der Waals surface area contributed by atoms with Crippen molar-refractivity contribution in [1.82, 2.24) is 5.32 Å². The predicted octanol–water partition coefficient (Wildman–Crippen LogP) is 4.52. The second-order valence-corrected chi connectivity index (χ2v) is 5.55. The highest BCUT2D eigenvalue weighted by Crippen LogP contribution is 2.31. The molecule has 0 aliphatic heterocycles. The summed E-state index contributed by atoms with van der Waals surface area (Å²) in [6, 6.07) is 12.1. The van der Waals surface area contributed by atoms with Gasteiger partial charge in [-0.3, -0.25) is 0 Å². The lowest BCUT2D eigenvalue weighted by Gasteiger charge is -2.11. The van der Waals surface area contributed by atoms with Crippen LogP contribution in [0.5, 0.6) is 17.2 Å². The SMILES string of the molecule is C#CCOC(=O)NCCOc1ccc(Oc2cccc(Cl)c2)cc1Cl. The molecule has 1 amide bonds. The quantitative estimate of drug-likeness (QED) is 0.567. The third kappa shape index (κ3) is 6.46. The minimum atomic E-state index is -0.599. The van der Waals surface area contributed by atoms with Crippen LogP contribution >= 0.6 is 23.2 Å². The number of nitrogens with one attached hydrogen (secondary N) is 1. The molecule has 0 aromatic heterocycles. The number of terminal acetylenes is 1. The molecule has 7 heteroatoms. The monoisotopic (exact) mass is 379 g/mol. The second-order valence-electron chi connectivity index (χ2n) is 4.71. The van der Waals surface area contributed by atoms with E-state index in [1.165, 1.54) is 0 Å². The maximum atomic E-state index is 11.2. The van der Waals surface area contributed by atoms with Crippen molar-refractivity contribution < 1.29 is 19.0 Å². The molecule has 25 heavy (non-hydrogen) atoms. The first kappa shape index (κ1) is 18.8. The number of rotatable bonds is 7. The Bertz CT molecular complexity index is 774. The van der Waals surface area contributed by atoms with Gasteiger partial charge in [-0.2, -0.15) is 0 Å². The Kier molecular flexibility index (Phi) is 7.27. The van der Waals surface area contributed by atoms with Gasteiger partial charge in [0.1, 0.15) is 23.9 Å². The van der Waals surface area contributed by atoms with Crippen molar-refractivity contribution in [2.45, 2.75) is 0 Å². The molecule has 130 valence electrons. The first-order valence-corrected chi connectivity index (χ1v) is 8.04. The van der Waals surface area contributed by atoms with E-state index in [0.29, 0.717) is 27.3 Å². The molecule has 0 atom stereocenters. The average molecular weight is 380 g/mol. The normalized spacial score (nSPS) is 9.80. The number of ether oxygens (including phenoxy) is 3. The summed E-state index contributed by atoms with van der Waals surface area (Å²) in [5.74, 6) is 3.82. The van der Waals surface area contributed by atoms with Crippen LogP contribution in [0.3, 0.4) is 0 Å². The number of hydrogen-bond donors (Lipinski definition) is 1. The van der Waals surface area contributed by atoms with Gasteiger partial charge in [0, 0.05) is 11.1 Å². The number of benzene rings is 2. The Morgan fingerprint density at radius 2 is 1.96 bits per heavy atom. The van der Waals surface area contributed by atoms with E-state index in [0.717, 1.165) is 0 Å². The largest absolute Gasteiger partial charge is 0.490 e. The van der Waals surface area contributed by atoms with E-state index in [4.69, 9.17) is 39.1 Å². The summed E-state index contributed by atoms with van der Waals surface area (Å²) in [6.45, 7) is 0.395. The Hall–Kier alpha value is -2.55. The molecule has 2 aromatic rings. The molecule has 5 nitrogen and oxygen atoms in total. The predicted molar refractivity (Wildman–Crippen MR) is 96.7 cm³/mol. The standard InChI is InChI=1S/C18H15Cl2NO4/c1-2-9-24-18(22)21-8-10-23-17-7-6-15(12-16(17)20)25-14-5-3-4-13(19)11-14/h1,3-7,11-12H,8-10H2,(H,21,22). The van der Waals surface area contributed by atoms with Gasteiger partial charge in [-0.15, -0.1) is 6.42 Å².